The van der Waals surface area contributed by atoms with E-state index in [1.165, 1.54) is 35.9 Å². The lowest BCUT2D eigenvalue weighted by atomic mass is 9.95. The molecule has 0 amide bonds. The summed E-state index contributed by atoms with van der Waals surface area (Å²) in [6.07, 6.45) is 0. The Morgan fingerprint density at radius 3 is 1.63 bits per heavy atom. The highest BCUT2D eigenvalue weighted by atomic mass is 32.3. The van der Waals surface area contributed by atoms with Gasteiger partial charge >= 0.3 is 0 Å². The number of benzene rings is 11. The molecule has 0 fully saturated rings. The standard InChI is InChI=1S/C61H42N2OS/c1-5-20-46(21-6-1)61-62-57-40-38-45-36-35-44-37-39-48(42-56(44)59(45)60(57)64-61)63(58-34-16-15-32-55(58)54-33-17-22-43-19-13-14-31-53(43)54)47-23-18-30-52(41-47)65(49-24-7-2-8-25-49,50-26-9-3-10-27-50)51-28-11-4-12-29-51/h1-42H. The Morgan fingerprint density at radius 2 is 0.892 bits per heavy atom. The summed E-state index contributed by atoms with van der Waals surface area (Å²) in [6, 6.07) is 92.3. The average Bonchev–Trinajstić information content (AvgIpc) is 3.83. The summed E-state index contributed by atoms with van der Waals surface area (Å²) in [7, 11) is -1.98. The van der Waals surface area contributed by atoms with E-state index in [0.29, 0.717) is 5.89 Å². The molecule has 0 bridgehead atoms. The monoisotopic (exact) mass is 850 g/mol. The summed E-state index contributed by atoms with van der Waals surface area (Å²) in [5.41, 5.74) is 8.08. The topological polar surface area (TPSA) is 29.3 Å². The molecular formula is C61H42N2OS. The van der Waals surface area contributed by atoms with E-state index in [-0.39, 0.29) is 0 Å². The third kappa shape index (κ3) is 6.57. The summed E-state index contributed by atoms with van der Waals surface area (Å²) >= 11 is 0. The molecule has 0 saturated heterocycles. The number of para-hydroxylation sites is 1. The summed E-state index contributed by atoms with van der Waals surface area (Å²) in [6.45, 7) is 0. The number of aromatic nitrogens is 1. The number of hydrogen-bond acceptors (Lipinski definition) is 3. The van der Waals surface area contributed by atoms with Gasteiger partial charge in [-0.2, -0.15) is 0 Å². The van der Waals surface area contributed by atoms with Gasteiger partial charge in [-0.15, -0.1) is 10.0 Å². The van der Waals surface area contributed by atoms with Crippen molar-refractivity contribution in [2.24, 2.45) is 0 Å². The van der Waals surface area contributed by atoms with Gasteiger partial charge in [-0.05, 0) is 123 Å². The number of hydrogen-bond donors (Lipinski definition) is 0. The van der Waals surface area contributed by atoms with Crippen LogP contribution in [0.4, 0.5) is 17.1 Å². The molecular weight excluding hydrogens is 809 g/mol. The van der Waals surface area contributed by atoms with Crippen molar-refractivity contribution in [1.29, 1.82) is 0 Å². The normalized spacial score (nSPS) is 11.9. The molecule has 3 nitrogen and oxygen atoms in total. The zero-order chi connectivity index (χ0) is 43.2. The van der Waals surface area contributed by atoms with Crippen LogP contribution in [0.5, 0.6) is 0 Å². The van der Waals surface area contributed by atoms with E-state index in [1.807, 2.05) is 30.3 Å². The van der Waals surface area contributed by atoms with Crippen molar-refractivity contribution in [2.45, 2.75) is 19.6 Å². The van der Waals surface area contributed by atoms with Crippen molar-refractivity contribution in [3.63, 3.8) is 0 Å². The molecule has 0 N–H and O–H groups in total. The van der Waals surface area contributed by atoms with E-state index in [0.717, 1.165) is 60.8 Å². The molecule has 11 aromatic carbocycles. The maximum Gasteiger partial charge on any atom is 0.227 e. The number of anilines is 3. The molecule has 0 saturated carbocycles. The molecule has 0 aliphatic carbocycles. The fourth-order valence-corrected chi connectivity index (χ4v) is 13.5. The average molecular weight is 851 g/mol. The number of nitrogens with zero attached hydrogens (tertiary/aromatic N) is 2. The van der Waals surface area contributed by atoms with Crippen LogP contribution < -0.4 is 4.90 Å². The van der Waals surface area contributed by atoms with E-state index in [9.17, 15) is 0 Å². The first-order valence-corrected chi connectivity index (χ1v) is 23.6. The zero-order valence-electron chi connectivity index (χ0n) is 35.5. The fraction of sp³-hybridized carbons (Fsp3) is 0. The lowest BCUT2D eigenvalue weighted by molar-refractivity contribution is 0.623. The van der Waals surface area contributed by atoms with Crippen LogP contribution >= 0.6 is 10.0 Å². The number of fused-ring (bicyclic) bond motifs is 6. The molecule has 308 valence electrons. The van der Waals surface area contributed by atoms with Crippen molar-refractivity contribution in [2.75, 3.05) is 4.90 Å². The summed E-state index contributed by atoms with van der Waals surface area (Å²) < 4.78 is 6.72. The maximum absolute atomic E-state index is 6.72. The Bertz CT molecular complexity index is 3560. The van der Waals surface area contributed by atoms with Gasteiger partial charge in [0.05, 0.1) is 5.69 Å². The van der Waals surface area contributed by atoms with Crippen LogP contribution in [0.1, 0.15) is 0 Å². The van der Waals surface area contributed by atoms with Gasteiger partial charge < -0.3 is 9.32 Å². The second-order valence-corrected chi connectivity index (χ2v) is 19.4. The molecule has 1 aromatic heterocycles. The largest absolute Gasteiger partial charge is 0.435 e. The SMILES string of the molecule is c1ccc(-c2nc3ccc4ccc5ccc(N(c6cccc(S(c7ccccc7)(c7ccccc7)c7ccccc7)c6)c6ccccc6-c6cccc7ccccc67)cc5c4c3o2)cc1. The van der Waals surface area contributed by atoms with Crippen LogP contribution in [0.2, 0.25) is 0 Å². The Balaban J connectivity index is 1.14. The van der Waals surface area contributed by atoms with Gasteiger partial charge in [-0.25, -0.2) is 4.98 Å². The quantitative estimate of drug-likeness (QED) is 0.136. The predicted octanol–water partition coefficient (Wildman–Crippen LogP) is 17.4. The van der Waals surface area contributed by atoms with Gasteiger partial charge in [0.25, 0.3) is 0 Å². The molecule has 4 heteroatoms. The van der Waals surface area contributed by atoms with Gasteiger partial charge in [-0.3, -0.25) is 0 Å². The van der Waals surface area contributed by atoms with Gasteiger partial charge in [0, 0.05) is 47.5 Å². The van der Waals surface area contributed by atoms with Crippen LogP contribution in [0, 0.1) is 0 Å². The second-order valence-electron chi connectivity index (χ2n) is 16.3. The summed E-state index contributed by atoms with van der Waals surface area (Å²) in [4.78, 5) is 12.5. The van der Waals surface area contributed by atoms with Gasteiger partial charge in [0.15, 0.2) is 5.58 Å². The van der Waals surface area contributed by atoms with Gasteiger partial charge in [0.2, 0.25) is 5.89 Å². The Kier molecular flexibility index (Phi) is 9.58. The summed E-state index contributed by atoms with van der Waals surface area (Å²) in [5.74, 6) is 0.616. The molecule has 12 aromatic rings. The van der Waals surface area contributed by atoms with E-state index in [1.54, 1.807) is 0 Å². The van der Waals surface area contributed by atoms with E-state index >= 15 is 0 Å². The van der Waals surface area contributed by atoms with Crippen molar-refractivity contribution in [3.8, 4) is 22.6 Å². The van der Waals surface area contributed by atoms with E-state index < -0.39 is 10.0 Å². The van der Waals surface area contributed by atoms with Crippen molar-refractivity contribution < 1.29 is 4.42 Å². The first-order valence-electron chi connectivity index (χ1n) is 22.0. The van der Waals surface area contributed by atoms with Crippen LogP contribution in [0.15, 0.2) is 279 Å². The van der Waals surface area contributed by atoms with Crippen LogP contribution in [0.3, 0.4) is 0 Å². The maximum atomic E-state index is 6.72. The third-order valence-electron chi connectivity index (χ3n) is 12.6. The highest BCUT2D eigenvalue weighted by Gasteiger charge is 2.34. The predicted molar refractivity (Wildman–Crippen MR) is 272 cm³/mol. The molecule has 0 radical (unpaired) electrons. The minimum Gasteiger partial charge on any atom is -0.435 e. The van der Waals surface area contributed by atoms with Crippen molar-refractivity contribution in [3.05, 3.63) is 255 Å². The molecule has 12 rings (SSSR count). The summed E-state index contributed by atoms with van der Waals surface area (Å²) in [5, 5.41) is 6.80. The molecule has 0 spiro atoms. The molecule has 0 aliphatic heterocycles. The van der Waals surface area contributed by atoms with Gasteiger partial charge in [-0.1, -0.05) is 164 Å². The minimum atomic E-state index is -1.98. The first kappa shape index (κ1) is 38.5. The van der Waals surface area contributed by atoms with Crippen LogP contribution in [-0.2, 0) is 0 Å². The number of oxazole rings is 1. The van der Waals surface area contributed by atoms with E-state index in [4.69, 9.17) is 9.40 Å². The van der Waals surface area contributed by atoms with Crippen LogP contribution in [0.25, 0.3) is 66.0 Å². The smallest absolute Gasteiger partial charge is 0.227 e. The molecule has 0 unspecified atom stereocenters. The highest BCUT2D eigenvalue weighted by molar-refractivity contribution is 8.34. The van der Waals surface area contributed by atoms with Gasteiger partial charge in [0.1, 0.15) is 5.52 Å². The molecule has 1 heterocycles. The number of rotatable bonds is 9. The van der Waals surface area contributed by atoms with E-state index in [2.05, 4.69) is 229 Å². The lowest BCUT2D eigenvalue weighted by Crippen LogP contribution is -2.12. The Morgan fingerprint density at radius 1 is 0.369 bits per heavy atom. The molecule has 0 aliphatic rings. The Labute approximate surface area is 379 Å². The molecule has 65 heavy (non-hydrogen) atoms. The zero-order valence-corrected chi connectivity index (χ0v) is 36.3. The van der Waals surface area contributed by atoms with Crippen molar-refractivity contribution in [1.82, 2.24) is 4.98 Å². The van der Waals surface area contributed by atoms with Crippen LogP contribution in [-0.4, -0.2) is 4.98 Å². The first-order chi connectivity index (χ1) is 32.2. The highest BCUT2D eigenvalue weighted by Crippen LogP contribution is 2.73. The Hall–Kier alpha value is -8.18. The fourth-order valence-electron chi connectivity index (χ4n) is 9.64. The second kappa shape index (κ2) is 16.2. The minimum absolute atomic E-state index is 0.616. The van der Waals surface area contributed by atoms with Crippen molar-refractivity contribution >= 4 is 70.5 Å². The lowest BCUT2D eigenvalue weighted by Gasteiger charge is -2.42. The molecule has 0 atom stereocenters. The third-order valence-corrected chi connectivity index (χ3v) is 16.5.